The van der Waals surface area contributed by atoms with Crippen molar-refractivity contribution in [1.82, 2.24) is 9.80 Å². The smallest absolute Gasteiger partial charge is 0.260 e. The van der Waals surface area contributed by atoms with Gasteiger partial charge in [-0.2, -0.15) is 0 Å². The largest absolute Gasteiger partial charge is 0.448 e. The van der Waals surface area contributed by atoms with Gasteiger partial charge in [0.05, 0.1) is 25.6 Å². The monoisotopic (exact) mass is 904 g/mol. The average Bonchev–Trinajstić information content (AvgIpc) is 3.87. The number of furan rings is 1. The molecule has 2 aromatic heterocycles. The molecule has 1 aliphatic heterocycles. The minimum Gasteiger partial charge on any atom is -0.448 e. The third-order valence-electron chi connectivity index (χ3n) is 11.5. The predicted octanol–water partition coefficient (Wildman–Crippen LogP) is 16.0. The molecule has 0 saturated carbocycles. The van der Waals surface area contributed by atoms with Crippen LogP contribution in [-0.2, 0) is 9.59 Å². The molecular weight excluding hydrogens is 832 g/mol. The molecular formula is C47H74Br2N2O3S. The summed E-state index contributed by atoms with van der Waals surface area (Å²) in [5.41, 5.74) is 3.11. The standard InChI is InChI=1S/C47H74Br2N2O3S/c1-6-10-14-18-20-24-27-38(26-22-16-12-8-3)34-50(36-52)46(40-30-32-42(48)54-40)44-37(5)45(41-31-33-43(49)55-41)51(47(44)53)35-39(28-23-17-13-9-4)29-25-21-19-15-11-7-2/h30-33,36,38-39H,6-29,34-35H2,1-5H3/b46-44+. The van der Waals surface area contributed by atoms with Gasteiger partial charge in [0, 0.05) is 13.1 Å². The zero-order valence-corrected chi connectivity index (χ0v) is 39.2. The molecule has 55 heavy (non-hydrogen) atoms. The molecule has 0 radical (unpaired) electrons. The highest BCUT2D eigenvalue weighted by Gasteiger charge is 2.40. The molecule has 3 rings (SSSR count). The molecule has 0 saturated heterocycles. The normalized spacial score (nSPS) is 15.3. The molecule has 0 fully saturated rings. The summed E-state index contributed by atoms with van der Waals surface area (Å²) in [4.78, 5) is 33.5. The number of carbonyl (C=O) groups excluding carboxylic acids is 2. The number of halogens is 2. The van der Waals surface area contributed by atoms with E-state index in [4.69, 9.17) is 4.42 Å². The van der Waals surface area contributed by atoms with Gasteiger partial charge < -0.3 is 14.2 Å². The van der Waals surface area contributed by atoms with Crippen molar-refractivity contribution in [2.45, 2.75) is 189 Å². The van der Waals surface area contributed by atoms with E-state index in [2.05, 4.69) is 83.5 Å². The highest BCUT2D eigenvalue weighted by Crippen LogP contribution is 2.44. The van der Waals surface area contributed by atoms with Gasteiger partial charge in [-0.15, -0.1) is 11.3 Å². The van der Waals surface area contributed by atoms with Crippen LogP contribution in [0.25, 0.3) is 11.4 Å². The summed E-state index contributed by atoms with van der Waals surface area (Å²) in [5, 5.41) is 0. The fourth-order valence-electron chi connectivity index (χ4n) is 8.30. The van der Waals surface area contributed by atoms with Gasteiger partial charge in [-0.05, 0) is 106 Å². The second-order valence-electron chi connectivity index (χ2n) is 16.1. The Hall–Kier alpha value is -1.64. The van der Waals surface area contributed by atoms with Crippen molar-refractivity contribution in [3.63, 3.8) is 0 Å². The Morgan fingerprint density at radius 2 is 1.20 bits per heavy atom. The highest BCUT2D eigenvalue weighted by atomic mass is 79.9. The van der Waals surface area contributed by atoms with E-state index < -0.39 is 0 Å². The number of thiophene rings is 1. The lowest BCUT2D eigenvalue weighted by Gasteiger charge is -2.28. The van der Waals surface area contributed by atoms with E-state index in [-0.39, 0.29) is 5.91 Å². The summed E-state index contributed by atoms with van der Waals surface area (Å²) in [7, 11) is 0. The van der Waals surface area contributed by atoms with Gasteiger partial charge in [-0.25, -0.2) is 0 Å². The number of rotatable bonds is 32. The van der Waals surface area contributed by atoms with E-state index in [1.807, 2.05) is 17.0 Å². The van der Waals surface area contributed by atoms with Crippen LogP contribution in [-0.4, -0.2) is 35.2 Å². The second kappa shape index (κ2) is 27.9. The number of carbonyl (C=O) groups is 2. The molecule has 0 aromatic carbocycles. The van der Waals surface area contributed by atoms with Crippen LogP contribution in [0.2, 0.25) is 0 Å². The lowest BCUT2D eigenvalue weighted by atomic mass is 9.93. The van der Waals surface area contributed by atoms with Crippen molar-refractivity contribution in [2.24, 2.45) is 11.8 Å². The molecule has 0 spiro atoms. The molecule has 0 aliphatic carbocycles. The SMILES string of the molecule is CCCCCCCCC(CCCCCC)CN1C(=O)/C(=C(\c2ccc(Br)o2)N(C=O)CC(CCCCCC)CCCCCCCC)C(C)=C1c1ccc(Br)s1. The van der Waals surface area contributed by atoms with Gasteiger partial charge in [0.1, 0.15) is 0 Å². The third kappa shape index (κ3) is 16.3. The van der Waals surface area contributed by atoms with Crippen LogP contribution in [0.3, 0.4) is 0 Å². The van der Waals surface area contributed by atoms with Crippen molar-refractivity contribution in [2.75, 3.05) is 13.1 Å². The van der Waals surface area contributed by atoms with E-state index in [0.29, 0.717) is 46.6 Å². The Kier molecular flexibility index (Phi) is 24.2. The number of unbranched alkanes of at least 4 members (excludes halogenated alkanes) is 16. The van der Waals surface area contributed by atoms with Gasteiger partial charge in [0.2, 0.25) is 6.41 Å². The maximum atomic E-state index is 15.2. The Labute approximate surface area is 356 Å². The van der Waals surface area contributed by atoms with Crippen LogP contribution in [0.1, 0.15) is 199 Å². The van der Waals surface area contributed by atoms with Crippen LogP contribution in [0.15, 0.2) is 48.3 Å². The fourth-order valence-corrected chi connectivity index (χ4v) is 10.1. The average molecular weight is 907 g/mol. The van der Waals surface area contributed by atoms with Crippen molar-refractivity contribution in [1.29, 1.82) is 0 Å². The molecule has 2 amide bonds. The van der Waals surface area contributed by atoms with Crippen LogP contribution in [0.4, 0.5) is 0 Å². The van der Waals surface area contributed by atoms with Crippen molar-refractivity contribution < 1.29 is 14.0 Å². The number of hydrogen-bond acceptors (Lipinski definition) is 4. The highest BCUT2D eigenvalue weighted by molar-refractivity contribution is 9.11. The minimum atomic E-state index is -0.0108. The molecule has 8 heteroatoms. The van der Waals surface area contributed by atoms with E-state index >= 15 is 4.79 Å². The summed E-state index contributed by atoms with van der Waals surface area (Å²) >= 11 is 8.92. The first-order valence-electron chi connectivity index (χ1n) is 22.3. The van der Waals surface area contributed by atoms with E-state index in [9.17, 15) is 4.79 Å². The Morgan fingerprint density at radius 1 is 0.709 bits per heavy atom. The lowest BCUT2D eigenvalue weighted by Crippen LogP contribution is -2.33. The number of hydrogen-bond donors (Lipinski definition) is 0. The van der Waals surface area contributed by atoms with E-state index in [0.717, 1.165) is 52.0 Å². The Morgan fingerprint density at radius 3 is 1.65 bits per heavy atom. The fraction of sp³-hybridized carbons (Fsp3) is 0.702. The molecule has 5 nitrogen and oxygen atoms in total. The zero-order valence-electron chi connectivity index (χ0n) is 35.2. The van der Waals surface area contributed by atoms with Crippen molar-refractivity contribution in [3.8, 4) is 0 Å². The molecule has 0 N–H and O–H groups in total. The Balaban J connectivity index is 2.04. The van der Waals surface area contributed by atoms with E-state index in [1.54, 1.807) is 11.3 Å². The van der Waals surface area contributed by atoms with Gasteiger partial charge in [-0.1, -0.05) is 156 Å². The summed E-state index contributed by atoms with van der Waals surface area (Å²) in [6.07, 6.45) is 30.3. The molecule has 2 aromatic rings. The molecule has 3 heterocycles. The first-order valence-corrected chi connectivity index (χ1v) is 24.7. The summed E-state index contributed by atoms with van der Waals surface area (Å²) in [6.45, 7) is 12.4. The number of nitrogens with zero attached hydrogens (tertiary/aromatic N) is 2. The maximum absolute atomic E-state index is 15.2. The first kappa shape index (κ1) is 47.7. The molecule has 2 atom stereocenters. The molecule has 1 aliphatic rings. The molecule has 2 unspecified atom stereocenters. The third-order valence-corrected chi connectivity index (χ3v) is 13.5. The van der Waals surface area contributed by atoms with Gasteiger partial charge in [0.15, 0.2) is 10.4 Å². The maximum Gasteiger partial charge on any atom is 0.260 e. The summed E-state index contributed by atoms with van der Waals surface area (Å²) in [6, 6.07) is 8.00. The van der Waals surface area contributed by atoms with Gasteiger partial charge in [-0.3, -0.25) is 9.59 Å². The van der Waals surface area contributed by atoms with Gasteiger partial charge in [0.25, 0.3) is 5.91 Å². The predicted molar refractivity (Wildman–Crippen MR) is 243 cm³/mol. The molecule has 310 valence electrons. The van der Waals surface area contributed by atoms with Crippen LogP contribution in [0.5, 0.6) is 0 Å². The topological polar surface area (TPSA) is 53.8 Å². The van der Waals surface area contributed by atoms with E-state index in [1.165, 1.54) is 128 Å². The second-order valence-corrected chi connectivity index (χ2v) is 19.4. The minimum absolute atomic E-state index is 0.0108. The summed E-state index contributed by atoms with van der Waals surface area (Å²) in [5.74, 6) is 1.33. The number of amides is 2. The van der Waals surface area contributed by atoms with Gasteiger partial charge >= 0.3 is 0 Å². The lowest BCUT2D eigenvalue weighted by molar-refractivity contribution is -0.123. The van der Waals surface area contributed by atoms with Crippen molar-refractivity contribution in [3.05, 3.63) is 54.5 Å². The van der Waals surface area contributed by atoms with Crippen LogP contribution in [0, 0.1) is 11.8 Å². The van der Waals surface area contributed by atoms with Crippen molar-refractivity contribution >= 4 is 66.9 Å². The Bertz CT molecular complexity index is 1440. The van der Waals surface area contributed by atoms with Crippen LogP contribution >= 0.6 is 43.2 Å². The first-order chi connectivity index (χ1) is 26.8. The molecule has 0 bridgehead atoms. The zero-order chi connectivity index (χ0) is 39.8. The summed E-state index contributed by atoms with van der Waals surface area (Å²) < 4.78 is 7.89. The quantitative estimate of drug-likeness (QED) is 0.0417. The van der Waals surface area contributed by atoms with Crippen LogP contribution < -0.4 is 0 Å².